The summed E-state index contributed by atoms with van der Waals surface area (Å²) in [5, 5.41) is 3.77. The van der Waals surface area contributed by atoms with Crippen LogP contribution in [0.1, 0.15) is 25.3 Å². The van der Waals surface area contributed by atoms with Gasteiger partial charge in [-0.05, 0) is 56.6 Å². The first-order valence-electron chi connectivity index (χ1n) is 8.04. The van der Waals surface area contributed by atoms with E-state index in [-0.39, 0.29) is 6.03 Å². The van der Waals surface area contributed by atoms with Crippen molar-refractivity contribution >= 4 is 23.3 Å². The number of halogens is 1. The molecular weight excluding hydrogens is 298 g/mol. The molecule has 5 heteroatoms. The molecule has 4 nitrogen and oxygen atoms in total. The molecule has 0 saturated carbocycles. The Labute approximate surface area is 137 Å². The van der Waals surface area contributed by atoms with Crippen molar-refractivity contribution in [1.29, 1.82) is 0 Å². The second-order valence-electron chi connectivity index (χ2n) is 6.74. The fourth-order valence-electron chi connectivity index (χ4n) is 3.77. The van der Waals surface area contributed by atoms with Gasteiger partial charge in [0.2, 0.25) is 0 Å². The average Bonchev–Trinajstić information content (AvgIpc) is 3.07. The first-order chi connectivity index (χ1) is 10.5. The van der Waals surface area contributed by atoms with Gasteiger partial charge >= 0.3 is 6.03 Å². The van der Waals surface area contributed by atoms with Crippen molar-refractivity contribution in [3.63, 3.8) is 0 Å². The zero-order valence-corrected chi connectivity index (χ0v) is 14.1. The van der Waals surface area contributed by atoms with Crippen molar-refractivity contribution in [3.05, 3.63) is 28.8 Å². The van der Waals surface area contributed by atoms with Gasteiger partial charge in [-0.15, -0.1) is 0 Å². The number of amides is 2. The molecule has 2 fully saturated rings. The largest absolute Gasteiger partial charge is 0.324 e. The van der Waals surface area contributed by atoms with E-state index in [1.54, 1.807) is 0 Å². The topological polar surface area (TPSA) is 35.6 Å². The molecule has 120 valence electrons. The molecular formula is C17H24ClN3O. The number of nitrogens with zero attached hydrogens (tertiary/aromatic N) is 2. The fourth-order valence-corrected chi connectivity index (χ4v) is 3.97. The SMILES string of the molecule is CCc1cc(Cl)ccc1NC(=O)N1CCC2(CCN(C)C2)C1. The third-order valence-corrected chi connectivity index (χ3v) is 5.28. The van der Waals surface area contributed by atoms with Gasteiger partial charge < -0.3 is 15.1 Å². The van der Waals surface area contributed by atoms with Crippen LogP contribution in [-0.2, 0) is 6.42 Å². The predicted molar refractivity (Wildman–Crippen MR) is 90.6 cm³/mol. The van der Waals surface area contributed by atoms with E-state index < -0.39 is 0 Å². The third-order valence-electron chi connectivity index (χ3n) is 5.04. The number of likely N-dealkylation sites (tertiary alicyclic amines) is 2. The molecule has 0 aromatic heterocycles. The van der Waals surface area contributed by atoms with Crippen LogP contribution in [0.3, 0.4) is 0 Å². The lowest BCUT2D eigenvalue weighted by Gasteiger charge is -2.24. The molecule has 1 spiro atoms. The van der Waals surface area contributed by atoms with E-state index in [0.717, 1.165) is 50.3 Å². The zero-order chi connectivity index (χ0) is 15.7. The normalized spacial score (nSPS) is 25.1. The summed E-state index contributed by atoms with van der Waals surface area (Å²) in [6, 6.07) is 5.67. The number of aryl methyl sites for hydroxylation is 1. The molecule has 1 atom stereocenters. The van der Waals surface area contributed by atoms with Crippen LogP contribution in [0.5, 0.6) is 0 Å². The molecule has 0 bridgehead atoms. The third kappa shape index (κ3) is 3.08. The standard InChI is InChI=1S/C17H24ClN3O/c1-3-13-10-14(18)4-5-15(13)19-16(22)21-9-7-17(12-21)6-8-20(2)11-17/h4-5,10H,3,6-9,11-12H2,1-2H3,(H,19,22). The van der Waals surface area contributed by atoms with E-state index in [9.17, 15) is 4.79 Å². The van der Waals surface area contributed by atoms with Crippen LogP contribution in [0.15, 0.2) is 18.2 Å². The lowest BCUT2D eigenvalue weighted by atomic mass is 9.86. The Bertz CT molecular complexity index is 577. The van der Waals surface area contributed by atoms with Crippen LogP contribution >= 0.6 is 11.6 Å². The van der Waals surface area contributed by atoms with Gasteiger partial charge in [-0.25, -0.2) is 4.79 Å². The van der Waals surface area contributed by atoms with E-state index in [1.807, 2.05) is 23.1 Å². The van der Waals surface area contributed by atoms with Gasteiger partial charge in [0.25, 0.3) is 0 Å². The molecule has 2 heterocycles. The van der Waals surface area contributed by atoms with Crippen LogP contribution in [0, 0.1) is 5.41 Å². The van der Waals surface area contributed by atoms with Crippen LogP contribution in [0.25, 0.3) is 0 Å². The molecule has 1 unspecified atom stereocenters. The van der Waals surface area contributed by atoms with E-state index >= 15 is 0 Å². The molecule has 2 amide bonds. The van der Waals surface area contributed by atoms with Gasteiger partial charge in [0.1, 0.15) is 0 Å². The zero-order valence-electron chi connectivity index (χ0n) is 13.4. The second kappa shape index (κ2) is 6.09. The first-order valence-corrected chi connectivity index (χ1v) is 8.42. The molecule has 2 aliphatic heterocycles. The smallest absolute Gasteiger partial charge is 0.321 e. The summed E-state index contributed by atoms with van der Waals surface area (Å²) >= 11 is 6.03. The summed E-state index contributed by atoms with van der Waals surface area (Å²) in [6.07, 6.45) is 3.17. The Morgan fingerprint density at radius 1 is 1.32 bits per heavy atom. The Morgan fingerprint density at radius 3 is 2.77 bits per heavy atom. The van der Waals surface area contributed by atoms with Gasteiger partial charge in [0.15, 0.2) is 0 Å². The van der Waals surface area contributed by atoms with Gasteiger partial charge in [-0.3, -0.25) is 0 Å². The monoisotopic (exact) mass is 321 g/mol. The summed E-state index contributed by atoms with van der Waals surface area (Å²) in [6.45, 7) is 6.05. The minimum Gasteiger partial charge on any atom is -0.324 e. The molecule has 1 aromatic rings. The molecule has 1 N–H and O–H groups in total. The van der Waals surface area contributed by atoms with Gasteiger partial charge in [0, 0.05) is 35.8 Å². The van der Waals surface area contributed by atoms with E-state index in [1.165, 1.54) is 6.42 Å². The van der Waals surface area contributed by atoms with Gasteiger partial charge in [-0.1, -0.05) is 18.5 Å². The minimum atomic E-state index is 0.0171. The Kier molecular flexibility index (Phi) is 4.33. The number of anilines is 1. The summed E-state index contributed by atoms with van der Waals surface area (Å²) < 4.78 is 0. The second-order valence-corrected chi connectivity index (χ2v) is 7.18. The Morgan fingerprint density at radius 2 is 2.09 bits per heavy atom. The lowest BCUT2D eigenvalue weighted by Crippen LogP contribution is -2.36. The number of hydrogen-bond donors (Lipinski definition) is 1. The lowest BCUT2D eigenvalue weighted by molar-refractivity contribution is 0.212. The van der Waals surface area contributed by atoms with Crippen LogP contribution in [0.4, 0.5) is 10.5 Å². The Balaban J connectivity index is 1.66. The van der Waals surface area contributed by atoms with Crippen molar-refractivity contribution in [1.82, 2.24) is 9.80 Å². The van der Waals surface area contributed by atoms with Crippen molar-refractivity contribution in [2.75, 3.05) is 38.5 Å². The maximum Gasteiger partial charge on any atom is 0.321 e. The molecule has 1 aromatic carbocycles. The number of urea groups is 1. The maximum absolute atomic E-state index is 12.6. The molecule has 0 aliphatic carbocycles. The number of carbonyl (C=O) groups is 1. The van der Waals surface area contributed by atoms with Crippen molar-refractivity contribution in [3.8, 4) is 0 Å². The van der Waals surface area contributed by atoms with Crippen molar-refractivity contribution in [2.24, 2.45) is 5.41 Å². The average molecular weight is 322 g/mol. The highest BCUT2D eigenvalue weighted by atomic mass is 35.5. The summed E-state index contributed by atoms with van der Waals surface area (Å²) in [5.41, 5.74) is 2.27. The van der Waals surface area contributed by atoms with Crippen molar-refractivity contribution in [2.45, 2.75) is 26.2 Å². The first kappa shape index (κ1) is 15.6. The quantitative estimate of drug-likeness (QED) is 0.905. The number of rotatable bonds is 2. The number of benzene rings is 1. The minimum absolute atomic E-state index is 0.0171. The van der Waals surface area contributed by atoms with E-state index in [4.69, 9.17) is 11.6 Å². The van der Waals surface area contributed by atoms with Gasteiger partial charge in [-0.2, -0.15) is 0 Å². The molecule has 22 heavy (non-hydrogen) atoms. The van der Waals surface area contributed by atoms with E-state index in [0.29, 0.717) is 10.4 Å². The molecule has 3 rings (SSSR count). The van der Waals surface area contributed by atoms with Crippen LogP contribution in [0.2, 0.25) is 5.02 Å². The summed E-state index contributed by atoms with van der Waals surface area (Å²) in [4.78, 5) is 16.9. The highest BCUT2D eigenvalue weighted by Crippen LogP contribution is 2.39. The summed E-state index contributed by atoms with van der Waals surface area (Å²) in [7, 11) is 2.17. The van der Waals surface area contributed by atoms with E-state index in [2.05, 4.69) is 24.2 Å². The van der Waals surface area contributed by atoms with Gasteiger partial charge in [0.05, 0.1) is 0 Å². The molecule has 0 radical (unpaired) electrons. The number of hydrogen-bond acceptors (Lipinski definition) is 2. The maximum atomic E-state index is 12.6. The highest BCUT2D eigenvalue weighted by Gasteiger charge is 2.43. The van der Waals surface area contributed by atoms with Crippen LogP contribution in [-0.4, -0.2) is 49.1 Å². The Hall–Kier alpha value is -1.26. The predicted octanol–water partition coefficient (Wildman–Crippen LogP) is 3.46. The van der Waals surface area contributed by atoms with Crippen LogP contribution < -0.4 is 5.32 Å². The van der Waals surface area contributed by atoms with Crippen molar-refractivity contribution < 1.29 is 4.79 Å². The summed E-state index contributed by atoms with van der Waals surface area (Å²) in [5.74, 6) is 0. The molecule has 2 saturated heterocycles. The highest BCUT2D eigenvalue weighted by molar-refractivity contribution is 6.30. The fraction of sp³-hybridized carbons (Fsp3) is 0.588. The number of nitrogens with one attached hydrogen (secondary N) is 1. The molecule has 2 aliphatic rings. The number of carbonyl (C=O) groups excluding carboxylic acids is 1.